The Hall–Kier alpha value is -2.02. The van der Waals surface area contributed by atoms with Gasteiger partial charge in [-0.25, -0.2) is 9.18 Å². The van der Waals surface area contributed by atoms with E-state index in [2.05, 4.69) is 5.32 Å². The number of hydrogen-bond donors (Lipinski definition) is 2. The van der Waals surface area contributed by atoms with Crippen molar-refractivity contribution < 1.29 is 23.5 Å². The lowest BCUT2D eigenvalue weighted by atomic mass is 9.92. The zero-order chi connectivity index (χ0) is 16.6. The number of fused-ring (bicyclic) bond motifs is 1. The van der Waals surface area contributed by atoms with Gasteiger partial charge in [0.05, 0.1) is 0 Å². The van der Waals surface area contributed by atoms with Crippen molar-refractivity contribution in [3.63, 3.8) is 0 Å². The molecule has 0 unspecified atom stereocenters. The van der Waals surface area contributed by atoms with Crippen molar-refractivity contribution in [2.24, 2.45) is 0 Å². The molecule has 1 aliphatic heterocycles. The molecular formula is C16H16FNO4S. The number of carboxylic acids is 1. The van der Waals surface area contributed by atoms with Gasteiger partial charge in [-0.05, 0) is 49.5 Å². The summed E-state index contributed by atoms with van der Waals surface area (Å²) in [7, 11) is 0. The number of rotatable bonds is 3. The first kappa shape index (κ1) is 15.9. The van der Waals surface area contributed by atoms with Crippen LogP contribution in [0.1, 0.15) is 29.0 Å². The number of nitrogens with one attached hydrogen (secondary N) is 1. The van der Waals surface area contributed by atoms with E-state index in [1.807, 2.05) is 0 Å². The van der Waals surface area contributed by atoms with E-state index in [-0.39, 0.29) is 5.76 Å². The second-order valence-corrected chi connectivity index (χ2v) is 6.88. The number of amides is 1. The van der Waals surface area contributed by atoms with Crippen LogP contribution in [0.5, 0.6) is 0 Å². The molecule has 2 heterocycles. The summed E-state index contributed by atoms with van der Waals surface area (Å²) in [6.45, 7) is 1.66. The molecule has 0 aliphatic carbocycles. The van der Waals surface area contributed by atoms with Gasteiger partial charge in [-0.1, -0.05) is 0 Å². The van der Waals surface area contributed by atoms with Crippen LogP contribution < -0.4 is 5.32 Å². The summed E-state index contributed by atoms with van der Waals surface area (Å²) >= 11 is 1.67. The summed E-state index contributed by atoms with van der Waals surface area (Å²) in [5.41, 5.74) is -0.362. The van der Waals surface area contributed by atoms with Crippen LogP contribution >= 0.6 is 11.8 Å². The molecule has 2 N–H and O–H groups in total. The third-order valence-corrected chi connectivity index (χ3v) is 5.20. The van der Waals surface area contributed by atoms with Gasteiger partial charge < -0.3 is 14.8 Å². The Balaban J connectivity index is 1.94. The average Bonchev–Trinajstić information content (AvgIpc) is 2.85. The van der Waals surface area contributed by atoms with Crippen molar-refractivity contribution in [2.75, 3.05) is 11.5 Å². The normalized spacial score (nSPS) is 17.1. The maximum Gasteiger partial charge on any atom is 0.329 e. The minimum absolute atomic E-state index is 0.0319. The van der Waals surface area contributed by atoms with Gasteiger partial charge in [0, 0.05) is 10.9 Å². The molecule has 23 heavy (non-hydrogen) atoms. The maximum atomic E-state index is 13.3. The summed E-state index contributed by atoms with van der Waals surface area (Å²) in [5, 5.41) is 12.7. The van der Waals surface area contributed by atoms with Crippen LogP contribution in [0, 0.1) is 12.7 Å². The number of furan rings is 1. The summed E-state index contributed by atoms with van der Waals surface area (Å²) in [4.78, 5) is 24.2. The number of carboxylic acid groups (broad SMARTS) is 1. The molecular weight excluding hydrogens is 321 g/mol. The molecule has 1 fully saturated rings. The predicted molar refractivity (Wildman–Crippen MR) is 85.3 cm³/mol. The predicted octanol–water partition coefficient (Wildman–Crippen LogP) is 2.96. The first-order chi connectivity index (χ1) is 10.9. The van der Waals surface area contributed by atoms with Crippen molar-refractivity contribution >= 4 is 34.6 Å². The van der Waals surface area contributed by atoms with Gasteiger partial charge in [-0.3, -0.25) is 4.79 Å². The van der Waals surface area contributed by atoms with Gasteiger partial charge in [0.2, 0.25) is 0 Å². The third kappa shape index (κ3) is 2.81. The number of carbonyl (C=O) groups is 2. The zero-order valence-electron chi connectivity index (χ0n) is 12.5. The molecule has 3 rings (SSSR count). The molecule has 0 spiro atoms. The number of hydrogen-bond acceptors (Lipinski definition) is 4. The van der Waals surface area contributed by atoms with Crippen LogP contribution in [-0.2, 0) is 4.79 Å². The van der Waals surface area contributed by atoms with E-state index in [4.69, 9.17) is 4.42 Å². The highest BCUT2D eigenvalue weighted by Gasteiger charge is 2.42. The van der Waals surface area contributed by atoms with Crippen molar-refractivity contribution in [3.8, 4) is 0 Å². The summed E-state index contributed by atoms with van der Waals surface area (Å²) in [6, 6.07) is 4.01. The van der Waals surface area contributed by atoms with E-state index in [1.165, 1.54) is 18.2 Å². The van der Waals surface area contributed by atoms with Crippen LogP contribution in [0.25, 0.3) is 11.0 Å². The van der Waals surface area contributed by atoms with Crippen molar-refractivity contribution in [2.45, 2.75) is 25.3 Å². The van der Waals surface area contributed by atoms with E-state index in [9.17, 15) is 19.1 Å². The van der Waals surface area contributed by atoms with Gasteiger partial charge in [0.25, 0.3) is 5.91 Å². The van der Waals surface area contributed by atoms with Crippen molar-refractivity contribution in [1.82, 2.24) is 5.32 Å². The molecule has 7 heteroatoms. The Morgan fingerprint density at radius 2 is 2.04 bits per heavy atom. The number of carbonyl (C=O) groups excluding carboxylic acids is 1. The van der Waals surface area contributed by atoms with Gasteiger partial charge in [-0.2, -0.15) is 11.8 Å². The van der Waals surface area contributed by atoms with Crippen LogP contribution in [-0.4, -0.2) is 34.0 Å². The molecule has 122 valence electrons. The smallest absolute Gasteiger partial charge is 0.329 e. The maximum absolute atomic E-state index is 13.3. The average molecular weight is 337 g/mol. The standard InChI is InChI=1S/C16H16FNO4S/c1-9-11-8-10(17)2-3-12(11)22-13(9)14(19)18-16(15(20)21)4-6-23-7-5-16/h2-3,8H,4-7H2,1H3,(H,18,19)(H,20,21). The first-order valence-electron chi connectivity index (χ1n) is 7.25. The molecule has 0 bridgehead atoms. The molecule has 1 aliphatic rings. The van der Waals surface area contributed by atoms with Crippen LogP contribution in [0.15, 0.2) is 22.6 Å². The lowest BCUT2D eigenvalue weighted by Gasteiger charge is -2.33. The SMILES string of the molecule is Cc1c(C(=O)NC2(C(=O)O)CCSCC2)oc2ccc(F)cc12. The van der Waals surface area contributed by atoms with E-state index in [1.54, 1.807) is 18.7 Å². The highest BCUT2D eigenvalue weighted by Crippen LogP contribution is 2.30. The first-order valence-corrected chi connectivity index (χ1v) is 8.41. The zero-order valence-corrected chi connectivity index (χ0v) is 13.3. The fraction of sp³-hybridized carbons (Fsp3) is 0.375. The fourth-order valence-electron chi connectivity index (χ4n) is 2.80. The molecule has 5 nitrogen and oxygen atoms in total. The van der Waals surface area contributed by atoms with Gasteiger partial charge in [0.15, 0.2) is 5.76 Å². The Bertz CT molecular complexity index is 780. The van der Waals surface area contributed by atoms with Gasteiger partial charge >= 0.3 is 5.97 Å². The lowest BCUT2D eigenvalue weighted by Crippen LogP contribution is -2.56. The Labute approximate surface area is 136 Å². The van der Waals surface area contributed by atoms with Crippen LogP contribution in [0.4, 0.5) is 4.39 Å². The quantitative estimate of drug-likeness (QED) is 0.900. The molecule has 0 saturated carbocycles. The van der Waals surface area contributed by atoms with Gasteiger partial charge in [-0.15, -0.1) is 0 Å². The van der Waals surface area contributed by atoms with Crippen molar-refractivity contribution in [3.05, 3.63) is 35.3 Å². The van der Waals surface area contributed by atoms with E-state index < -0.39 is 23.2 Å². The second-order valence-electron chi connectivity index (χ2n) is 5.65. The van der Waals surface area contributed by atoms with Crippen LogP contribution in [0.3, 0.4) is 0 Å². The molecule has 1 aromatic carbocycles. The molecule has 0 radical (unpaired) electrons. The number of thioether (sulfide) groups is 1. The Morgan fingerprint density at radius 1 is 1.35 bits per heavy atom. The van der Waals surface area contributed by atoms with Gasteiger partial charge in [0.1, 0.15) is 16.9 Å². The summed E-state index contributed by atoms with van der Waals surface area (Å²) in [6.07, 6.45) is 0.735. The number of halogens is 1. The highest BCUT2D eigenvalue weighted by atomic mass is 32.2. The van der Waals surface area contributed by atoms with Crippen LogP contribution in [0.2, 0.25) is 0 Å². The second kappa shape index (κ2) is 5.88. The summed E-state index contributed by atoms with van der Waals surface area (Å²) in [5.74, 6) is -0.642. The lowest BCUT2D eigenvalue weighted by molar-refractivity contribution is -0.144. The topological polar surface area (TPSA) is 79.5 Å². The molecule has 1 aromatic heterocycles. The third-order valence-electron chi connectivity index (χ3n) is 4.21. The summed E-state index contributed by atoms with van der Waals surface area (Å²) < 4.78 is 18.8. The number of aliphatic carboxylic acids is 1. The van der Waals surface area contributed by atoms with E-state index >= 15 is 0 Å². The number of benzene rings is 1. The Kier molecular flexibility index (Phi) is 4.06. The minimum Gasteiger partial charge on any atom is -0.480 e. The molecule has 2 aromatic rings. The monoisotopic (exact) mass is 337 g/mol. The highest BCUT2D eigenvalue weighted by molar-refractivity contribution is 7.99. The molecule has 1 saturated heterocycles. The van der Waals surface area contributed by atoms with E-state index in [0.29, 0.717) is 40.9 Å². The Morgan fingerprint density at radius 3 is 2.70 bits per heavy atom. The largest absolute Gasteiger partial charge is 0.480 e. The fourth-order valence-corrected chi connectivity index (χ4v) is 3.99. The molecule has 1 amide bonds. The van der Waals surface area contributed by atoms with E-state index in [0.717, 1.165) is 0 Å². The number of aryl methyl sites for hydroxylation is 1. The molecule has 0 atom stereocenters. The minimum atomic E-state index is -1.26. The van der Waals surface area contributed by atoms with Crippen molar-refractivity contribution in [1.29, 1.82) is 0 Å².